The Labute approximate surface area is 147 Å². The third-order valence-electron chi connectivity index (χ3n) is 5.27. The summed E-state index contributed by atoms with van der Waals surface area (Å²) in [4.78, 5) is 40.6. The number of carbonyl (C=O) groups excluding carboxylic acids is 3. The molecule has 2 heterocycles. The van der Waals surface area contributed by atoms with Gasteiger partial charge in [0.15, 0.2) is 0 Å². The first-order chi connectivity index (χ1) is 12.0. The molecule has 3 atom stereocenters. The van der Waals surface area contributed by atoms with Crippen LogP contribution in [0.25, 0.3) is 0 Å². The SMILES string of the molecule is COC(=O)C1CCCN1C(=O)C1CC(=O)N(C(C)c2ccccc2)C1. The molecule has 1 aromatic carbocycles. The van der Waals surface area contributed by atoms with Crippen LogP contribution in [0.2, 0.25) is 0 Å². The van der Waals surface area contributed by atoms with E-state index in [1.165, 1.54) is 7.11 Å². The van der Waals surface area contributed by atoms with Crippen LogP contribution >= 0.6 is 0 Å². The van der Waals surface area contributed by atoms with Crippen LogP contribution < -0.4 is 0 Å². The van der Waals surface area contributed by atoms with Crippen molar-refractivity contribution in [3.8, 4) is 0 Å². The van der Waals surface area contributed by atoms with Crippen LogP contribution in [0.5, 0.6) is 0 Å². The van der Waals surface area contributed by atoms with E-state index in [9.17, 15) is 14.4 Å². The Hall–Kier alpha value is -2.37. The molecule has 3 rings (SSSR count). The zero-order chi connectivity index (χ0) is 18.0. The average Bonchev–Trinajstić information content (AvgIpc) is 3.27. The Morgan fingerprint density at radius 1 is 1.24 bits per heavy atom. The standard InChI is InChI=1S/C19H24N2O4/c1-13(14-7-4-3-5-8-14)21-12-15(11-17(21)22)18(23)20-10-6-9-16(20)19(24)25-2/h3-5,7-8,13,15-16H,6,9-12H2,1-2H3. The van der Waals surface area contributed by atoms with Gasteiger partial charge in [0.25, 0.3) is 0 Å². The number of rotatable bonds is 4. The minimum Gasteiger partial charge on any atom is -0.467 e. The smallest absolute Gasteiger partial charge is 0.328 e. The summed E-state index contributed by atoms with van der Waals surface area (Å²) >= 11 is 0. The molecular weight excluding hydrogens is 320 g/mol. The molecule has 0 aromatic heterocycles. The number of esters is 1. The first-order valence-corrected chi connectivity index (χ1v) is 8.75. The van der Waals surface area contributed by atoms with Crippen LogP contribution in [0, 0.1) is 5.92 Å². The number of hydrogen-bond acceptors (Lipinski definition) is 4. The van der Waals surface area contributed by atoms with Crippen LogP contribution in [0.1, 0.15) is 37.8 Å². The molecule has 2 aliphatic rings. The number of carbonyl (C=O) groups is 3. The molecule has 2 fully saturated rings. The predicted molar refractivity (Wildman–Crippen MR) is 91.4 cm³/mol. The van der Waals surface area contributed by atoms with Crippen LogP contribution in [0.3, 0.4) is 0 Å². The normalized spacial score (nSPS) is 24.5. The second-order valence-electron chi connectivity index (χ2n) is 6.75. The molecule has 2 amide bonds. The lowest BCUT2D eigenvalue weighted by atomic mass is 10.1. The highest BCUT2D eigenvalue weighted by Crippen LogP contribution is 2.31. The highest BCUT2D eigenvalue weighted by atomic mass is 16.5. The van der Waals surface area contributed by atoms with E-state index in [0.717, 1.165) is 12.0 Å². The highest BCUT2D eigenvalue weighted by Gasteiger charge is 2.43. The second-order valence-corrected chi connectivity index (χ2v) is 6.75. The number of amides is 2. The largest absolute Gasteiger partial charge is 0.467 e. The number of likely N-dealkylation sites (tertiary alicyclic amines) is 2. The molecule has 25 heavy (non-hydrogen) atoms. The summed E-state index contributed by atoms with van der Waals surface area (Å²) in [6.07, 6.45) is 1.62. The Kier molecular flexibility index (Phi) is 5.06. The summed E-state index contributed by atoms with van der Waals surface area (Å²) < 4.78 is 4.81. The molecule has 2 saturated heterocycles. The van der Waals surface area contributed by atoms with E-state index >= 15 is 0 Å². The molecule has 0 spiro atoms. The van der Waals surface area contributed by atoms with Crippen LogP contribution in [0.4, 0.5) is 0 Å². The number of ether oxygens (including phenoxy) is 1. The van der Waals surface area contributed by atoms with E-state index in [0.29, 0.717) is 19.5 Å². The van der Waals surface area contributed by atoms with Crippen LogP contribution in [-0.2, 0) is 19.1 Å². The van der Waals surface area contributed by atoms with Crippen LogP contribution in [-0.4, -0.2) is 53.8 Å². The van der Waals surface area contributed by atoms with Crippen molar-refractivity contribution >= 4 is 17.8 Å². The second kappa shape index (κ2) is 7.25. The first-order valence-electron chi connectivity index (χ1n) is 8.75. The zero-order valence-corrected chi connectivity index (χ0v) is 14.7. The molecule has 134 valence electrons. The molecule has 1 aromatic rings. The average molecular weight is 344 g/mol. The van der Waals surface area contributed by atoms with E-state index in [2.05, 4.69) is 0 Å². The van der Waals surface area contributed by atoms with Gasteiger partial charge in [-0.2, -0.15) is 0 Å². The maximum atomic E-state index is 12.9. The summed E-state index contributed by atoms with van der Waals surface area (Å²) in [7, 11) is 1.34. The minimum absolute atomic E-state index is 0.0106. The summed E-state index contributed by atoms with van der Waals surface area (Å²) in [5.41, 5.74) is 1.05. The molecule has 0 radical (unpaired) electrons. The molecule has 0 saturated carbocycles. The van der Waals surface area contributed by atoms with Crippen molar-refractivity contribution in [1.29, 1.82) is 0 Å². The zero-order valence-electron chi connectivity index (χ0n) is 14.7. The molecule has 0 N–H and O–H groups in total. The van der Waals surface area contributed by atoms with E-state index in [4.69, 9.17) is 4.74 Å². The maximum Gasteiger partial charge on any atom is 0.328 e. The molecule has 3 unspecified atom stereocenters. The van der Waals surface area contributed by atoms with Crippen molar-refractivity contribution in [2.24, 2.45) is 5.92 Å². The lowest BCUT2D eigenvalue weighted by Crippen LogP contribution is -2.44. The van der Waals surface area contributed by atoms with E-state index in [1.54, 1.807) is 9.80 Å². The van der Waals surface area contributed by atoms with Gasteiger partial charge in [-0.05, 0) is 25.3 Å². The van der Waals surface area contributed by atoms with Gasteiger partial charge < -0.3 is 14.5 Å². The summed E-state index contributed by atoms with van der Waals surface area (Å²) in [5.74, 6) is -0.874. The third-order valence-corrected chi connectivity index (χ3v) is 5.27. The fourth-order valence-corrected chi connectivity index (χ4v) is 3.83. The molecule has 2 aliphatic heterocycles. The summed E-state index contributed by atoms with van der Waals surface area (Å²) in [6.45, 7) is 2.93. The number of nitrogens with zero attached hydrogens (tertiary/aromatic N) is 2. The fourth-order valence-electron chi connectivity index (χ4n) is 3.83. The quantitative estimate of drug-likeness (QED) is 0.781. The van der Waals surface area contributed by atoms with Crippen molar-refractivity contribution in [1.82, 2.24) is 9.80 Å². The monoisotopic (exact) mass is 344 g/mol. The van der Waals surface area contributed by atoms with E-state index in [1.807, 2.05) is 37.3 Å². The predicted octanol–water partition coefficient (Wildman–Crippen LogP) is 1.76. The summed E-state index contributed by atoms with van der Waals surface area (Å²) in [5, 5.41) is 0. The number of hydrogen-bond donors (Lipinski definition) is 0. The molecule has 6 heteroatoms. The summed E-state index contributed by atoms with van der Waals surface area (Å²) in [6, 6.07) is 9.23. The van der Waals surface area contributed by atoms with Crippen molar-refractivity contribution in [3.05, 3.63) is 35.9 Å². The Morgan fingerprint density at radius 3 is 2.64 bits per heavy atom. The Morgan fingerprint density at radius 2 is 1.96 bits per heavy atom. The van der Waals surface area contributed by atoms with Gasteiger partial charge >= 0.3 is 5.97 Å². The van der Waals surface area contributed by atoms with Gasteiger partial charge in [-0.25, -0.2) is 4.79 Å². The molecular formula is C19H24N2O4. The number of benzene rings is 1. The van der Waals surface area contributed by atoms with Crippen molar-refractivity contribution in [2.75, 3.05) is 20.2 Å². The highest BCUT2D eigenvalue weighted by molar-refractivity contribution is 5.92. The van der Waals surface area contributed by atoms with Gasteiger partial charge in [0.2, 0.25) is 11.8 Å². The van der Waals surface area contributed by atoms with Crippen molar-refractivity contribution < 1.29 is 19.1 Å². The van der Waals surface area contributed by atoms with Crippen molar-refractivity contribution in [3.63, 3.8) is 0 Å². The molecule has 0 bridgehead atoms. The first kappa shape index (κ1) is 17.5. The Balaban J connectivity index is 1.69. The van der Waals surface area contributed by atoms with Gasteiger partial charge in [-0.15, -0.1) is 0 Å². The van der Waals surface area contributed by atoms with Gasteiger partial charge in [0.05, 0.1) is 19.1 Å². The number of methoxy groups -OCH3 is 1. The minimum atomic E-state index is -0.506. The molecule has 6 nitrogen and oxygen atoms in total. The van der Waals surface area contributed by atoms with Gasteiger partial charge in [-0.3, -0.25) is 9.59 Å². The third kappa shape index (κ3) is 3.38. The fraction of sp³-hybridized carbons (Fsp3) is 0.526. The Bertz CT molecular complexity index is 661. The molecule has 0 aliphatic carbocycles. The van der Waals surface area contributed by atoms with Gasteiger partial charge in [0, 0.05) is 19.5 Å². The van der Waals surface area contributed by atoms with Crippen molar-refractivity contribution in [2.45, 2.75) is 38.3 Å². The maximum absolute atomic E-state index is 12.9. The van der Waals surface area contributed by atoms with Crippen LogP contribution in [0.15, 0.2) is 30.3 Å². The topological polar surface area (TPSA) is 66.9 Å². The van der Waals surface area contributed by atoms with Gasteiger partial charge in [-0.1, -0.05) is 30.3 Å². The van der Waals surface area contributed by atoms with Gasteiger partial charge in [0.1, 0.15) is 6.04 Å². The van der Waals surface area contributed by atoms with E-state index in [-0.39, 0.29) is 36.2 Å². The lowest BCUT2D eigenvalue weighted by molar-refractivity contribution is -0.152. The lowest BCUT2D eigenvalue weighted by Gasteiger charge is -2.27. The van der Waals surface area contributed by atoms with E-state index < -0.39 is 6.04 Å².